The summed E-state index contributed by atoms with van der Waals surface area (Å²) in [6, 6.07) is 0. The zero-order valence-corrected chi connectivity index (χ0v) is 24.0. The molecule has 32 heavy (non-hydrogen) atoms. The maximum atomic E-state index is 2.61. The molecule has 2 nitrogen and oxygen atoms in total. The van der Waals surface area contributed by atoms with E-state index in [2.05, 4.69) is 43.0 Å². The fraction of sp³-hybridized carbons (Fsp3) is 0.931. The third-order valence-electron chi connectivity index (χ3n) is 7.12. The molecule has 0 spiro atoms. The van der Waals surface area contributed by atoms with Crippen molar-refractivity contribution in [2.24, 2.45) is 0 Å². The minimum atomic E-state index is 0. The van der Waals surface area contributed by atoms with Gasteiger partial charge in [0.25, 0.3) is 0 Å². The molecule has 0 aromatic rings. The van der Waals surface area contributed by atoms with Crippen molar-refractivity contribution in [1.82, 2.24) is 9.80 Å². The van der Waals surface area contributed by atoms with Crippen LogP contribution in [0.4, 0.5) is 0 Å². The summed E-state index contributed by atoms with van der Waals surface area (Å²) in [5, 5.41) is 0. The van der Waals surface area contributed by atoms with Crippen molar-refractivity contribution in [2.75, 3.05) is 13.1 Å². The SMILES string of the molecule is Br.CCCCCCCCCCCCCCCCN1C=CN(CCCCCCCC)C1CC. The normalized spacial score (nSPS) is 15.5. The van der Waals surface area contributed by atoms with Crippen molar-refractivity contribution in [3.63, 3.8) is 0 Å². The Morgan fingerprint density at radius 1 is 0.438 bits per heavy atom. The molecule has 0 fully saturated rings. The Hall–Kier alpha value is -0.180. The molecular formula is C29H59BrN2. The molecule has 1 heterocycles. The fourth-order valence-electron chi connectivity index (χ4n) is 5.04. The molecule has 0 radical (unpaired) electrons. The molecule has 1 unspecified atom stereocenters. The second-order valence-electron chi connectivity index (χ2n) is 10.0. The Balaban J connectivity index is 0.00000961. The summed E-state index contributed by atoms with van der Waals surface area (Å²) < 4.78 is 0. The van der Waals surface area contributed by atoms with Gasteiger partial charge in [0, 0.05) is 25.5 Å². The van der Waals surface area contributed by atoms with Gasteiger partial charge in [0.1, 0.15) is 6.17 Å². The molecule has 192 valence electrons. The molecule has 0 aromatic carbocycles. The zero-order chi connectivity index (χ0) is 22.4. The minimum absolute atomic E-state index is 0. The van der Waals surface area contributed by atoms with Gasteiger partial charge in [-0.25, -0.2) is 0 Å². The number of hydrogen-bond donors (Lipinski definition) is 0. The Bertz CT molecular complexity index is 399. The van der Waals surface area contributed by atoms with E-state index in [1.807, 2.05) is 0 Å². The van der Waals surface area contributed by atoms with E-state index in [0.29, 0.717) is 6.17 Å². The van der Waals surface area contributed by atoms with Gasteiger partial charge in [-0.1, -0.05) is 136 Å². The Kier molecular flexibility index (Phi) is 23.8. The van der Waals surface area contributed by atoms with Crippen LogP contribution in [0.5, 0.6) is 0 Å². The fourth-order valence-corrected chi connectivity index (χ4v) is 5.04. The first-order valence-electron chi connectivity index (χ1n) is 14.5. The number of nitrogens with zero attached hydrogens (tertiary/aromatic N) is 2. The maximum absolute atomic E-state index is 2.61. The van der Waals surface area contributed by atoms with Gasteiger partial charge < -0.3 is 9.80 Å². The Labute approximate surface area is 213 Å². The van der Waals surface area contributed by atoms with Crippen LogP contribution in [0.2, 0.25) is 0 Å². The van der Waals surface area contributed by atoms with Crippen LogP contribution in [0.1, 0.15) is 156 Å². The van der Waals surface area contributed by atoms with Crippen molar-refractivity contribution in [3.05, 3.63) is 12.4 Å². The van der Waals surface area contributed by atoms with Crippen LogP contribution in [0.25, 0.3) is 0 Å². The number of unbranched alkanes of at least 4 members (excludes halogenated alkanes) is 18. The molecule has 1 aliphatic rings. The van der Waals surface area contributed by atoms with Gasteiger partial charge in [0.2, 0.25) is 0 Å². The second-order valence-corrected chi connectivity index (χ2v) is 10.0. The lowest BCUT2D eigenvalue weighted by Crippen LogP contribution is -2.38. The topological polar surface area (TPSA) is 6.48 Å². The average molecular weight is 516 g/mol. The van der Waals surface area contributed by atoms with E-state index in [9.17, 15) is 0 Å². The molecule has 0 saturated carbocycles. The summed E-state index contributed by atoms with van der Waals surface area (Å²) >= 11 is 0. The van der Waals surface area contributed by atoms with Gasteiger partial charge in [0.05, 0.1) is 0 Å². The molecule has 1 atom stereocenters. The lowest BCUT2D eigenvalue weighted by atomic mass is 10.0. The molecule has 1 rings (SSSR count). The van der Waals surface area contributed by atoms with E-state index in [0.717, 1.165) is 0 Å². The maximum Gasteiger partial charge on any atom is 0.100 e. The van der Waals surface area contributed by atoms with E-state index in [1.54, 1.807) is 0 Å². The van der Waals surface area contributed by atoms with Gasteiger partial charge in [0.15, 0.2) is 0 Å². The highest BCUT2D eigenvalue weighted by molar-refractivity contribution is 8.93. The van der Waals surface area contributed by atoms with E-state index >= 15 is 0 Å². The first-order valence-corrected chi connectivity index (χ1v) is 14.5. The van der Waals surface area contributed by atoms with Crippen LogP contribution in [0.15, 0.2) is 12.4 Å². The number of hydrogen-bond acceptors (Lipinski definition) is 2. The predicted molar refractivity (Wildman–Crippen MR) is 151 cm³/mol. The summed E-state index contributed by atoms with van der Waals surface area (Å²) in [4.78, 5) is 5.21. The summed E-state index contributed by atoms with van der Waals surface area (Å²) in [5.41, 5.74) is 0. The summed E-state index contributed by atoms with van der Waals surface area (Å²) in [5.74, 6) is 0. The highest BCUT2D eigenvalue weighted by Gasteiger charge is 2.23. The largest absolute Gasteiger partial charge is 0.356 e. The third-order valence-corrected chi connectivity index (χ3v) is 7.12. The molecule has 0 aromatic heterocycles. The zero-order valence-electron chi connectivity index (χ0n) is 22.3. The van der Waals surface area contributed by atoms with Gasteiger partial charge >= 0.3 is 0 Å². The van der Waals surface area contributed by atoms with Crippen LogP contribution < -0.4 is 0 Å². The van der Waals surface area contributed by atoms with Gasteiger partial charge in [-0.05, 0) is 19.3 Å². The quantitative estimate of drug-likeness (QED) is 0.125. The van der Waals surface area contributed by atoms with Crippen LogP contribution >= 0.6 is 17.0 Å². The molecule has 0 amide bonds. The molecule has 0 N–H and O–H groups in total. The van der Waals surface area contributed by atoms with E-state index < -0.39 is 0 Å². The summed E-state index contributed by atoms with van der Waals surface area (Å²) in [7, 11) is 0. The van der Waals surface area contributed by atoms with Crippen LogP contribution in [0.3, 0.4) is 0 Å². The highest BCUT2D eigenvalue weighted by Crippen LogP contribution is 2.21. The van der Waals surface area contributed by atoms with E-state index in [4.69, 9.17) is 0 Å². The smallest absolute Gasteiger partial charge is 0.100 e. The predicted octanol–water partition coefficient (Wildman–Crippen LogP) is 10.2. The standard InChI is InChI=1S/C29H58N2.BrH/c1-4-7-9-11-13-14-15-16-17-18-19-20-22-24-26-31-28-27-30(29(31)6-3)25-23-21-12-10-8-5-2;/h27-29H,4-26H2,1-3H3;1H. The lowest BCUT2D eigenvalue weighted by Gasteiger charge is -2.32. The third kappa shape index (κ3) is 16.4. The van der Waals surface area contributed by atoms with Crippen molar-refractivity contribution in [1.29, 1.82) is 0 Å². The Morgan fingerprint density at radius 2 is 0.719 bits per heavy atom. The molecule has 0 bridgehead atoms. The first kappa shape index (κ1) is 31.8. The molecule has 3 heteroatoms. The van der Waals surface area contributed by atoms with Gasteiger partial charge in [-0.2, -0.15) is 0 Å². The van der Waals surface area contributed by atoms with Crippen molar-refractivity contribution in [2.45, 2.75) is 162 Å². The number of halogens is 1. The number of rotatable bonds is 23. The second kappa shape index (κ2) is 24.0. The molecule has 0 saturated heterocycles. The molecule has 1 aliphatic heterocycles. The first-order chi connectivity index (χ1) is 15.3. The minimum Gasteiger partial charge on any atom is -0.356 e. The van der Waals surface area contributed by atoms with Crippen LogP contribution in [-0.2, 0) is 0 Å². The van der Waals surface area contributed by atoms with Crippen molar-refractivity contribution >= 4 is 17.0 Å². The molecule has 0 aliphatic carbocycles. The van der Waals surface area contributed by atoms with Gasteiger partial charge in [-0.3, -0.25) is 0 Å². The van der Waals surface area contributed by atoms with E-state index in [1.165, 1.54) is 148 Å². The van der Waals surface area contributed by atoms with Crippen LogP contribution in [0, 0.1) is 0 Å². The Morgan fingerprint density at radius 3 is 1.00 bits per heavy atom. The summed E-state index contributed by atoms with van der Waals surface area (Å²) in [6.07, 6.45) is 35.2. The summed E-state index contributed by atoms with van der Waals surface area (Å²) in [6.45, 7) is 9.45. The van der Waals surface area contributed by atoms with Crippen molar-refractivity contribution < 1.29 is 0 Å². The van der Waals surface area contributed by atoms with Crippen LogP contribution in [-0.4, -0.2) is 29.1 Å². The highest BCUT2D eigenvalue weighted by atomic mass is 79.9. The average Bonchev–Trinajstić information content (AvgIpc) is 3.18. The van der Waals surface area contributed by atoms with Gasteiger partial charge in [-0.15, -0.1) is 17.0 Å². The molecular weight excluding hydrogens is 456 g/mol. The van der Waals surface area contributed by atoms with E-state index in [-0.39, 0.29) is 17.0 Å². The monoisotopic (exact) mass is 514 g/mol. The van der Waals surface area contributed by atoms with Crippen molar-refractivity contribution in [3.8, 4) is 0 Å². The lowest BCUT2D eigenvalue weighted by molar-refractivity contribution is 0.144.